The molecule has 1 N–H and O–H groups in total. The molecule has 0 aliphatic heterocycles. The highest BCUT2D eigenvalue weighted by molar-refractivity contribution is 6.04. The lowest BCUT2D eigenvalue weighted by atomic mass is 10.1. The lowest BCUT2D eigenvalue weighted by molar-refractivity contribution is -0.123. The van der Waals surface area contributed by atoms with Crippen molar-refractivity contribution in [3.8, 4) is 0 Å². The van der Waals surface area contributed by atoms with Gasteiger partial charge >= 0.3 is 5.97 Å². The largest absolute Gasteiger partial charge is 0.449 e. The van der Waals surface area contributed by atoms with Crippen LogP contribution < -0.4 is 5.32 Å². The molecular formula is C20H13F4NO3. The fourth-order valence-electron chi connectivity index (χ4n) is 2.57. The molecule has 8 heteroatoms. The smallest absolute Gasteiger partial charge is 0.342 e. The van der Waals surface area contributed by atoms with E-state index in [-0.39, 0.29) is 6.07 Å². The Morgan fingerprint density at radius 1 is 0.929 bits per heavy atom. The molecular weight excluding hydrogens is 378 g/mol. The number of nitrogens with one attached hydrogen (secondary N) is 1. The number of carbonyl (C=O) groups is 2. The summed E-state index contributed by atoms with van der Waals surface area (Å²) < 4.78 is 57.9. The standard InChI is InChI=1S/C20H13F4NO3/c1-10(28-20(27)13-9-14(21)17(23)18(24)16(13)22)19(26)25-15-8-4-6-11-5-2-3-7-12(11)15/h2-10H,1H3,(H,25,26)/t10-/m1/s1. The summed E-state index contributed by atoms with van der Waals surface area (Å²) in [5, 5.41) is 4.18. The van der Waals surface area contributed by atoms with Crippen LogP contribution in [0.4, 0.5) is 23.2 Å². The van der Waals surface area contributed by atoms with E-state index >= 15 is 0 Å². The van der Waals surface area contributed by atoms with Crippen LogP contribution in [0.3, 0.4) is 0 Å². The van der Waals surface area contributed by atoms with Gasteiger partial charge in [0.25, 0.3) is 5.91 Å². The maximum Gasteiger partial charge on any atom is 0.342 e. The topological polar surface area (TPSA) is 55.4 Å². The Morgan fingerprint density at radius 3 is 2.36 bits per heavy atom. The van der Waals surface area contributed by atoms with E-state index in [1.54, 1.807) is 24.3 Å². The summed E-state index contributed by atoms with van der Waals surface area (Å²) in [4.78, 5) is 24.3. The SMILES string of the molecule is C[C@@H](OC(=O)c1cc(F)c(F)c(F)c1F)C(=O)Nc1cccc2ccccc12. The normalized spacial score (nSPS) is 11.9. The van der Waals surface area contributed by atoms with E-state index in [0.29, 0.717) is 5.69 Å². The van der Waals surface area contributed by atoms with Gasteiger partial charge in [-0.15, -0.1) is 0 Å². The summed E-state index contributed by atoms with van der Waals surface area (Å²) in [6.45, 7) is 1.20. The monoisotopic (exact) mass is 391 g/mol. The molecule has 0 unspecified atom stereocenters. The second-order valence-corrected chi connectivity index (χ2v) is 5.91. The zero-order valence-electron chi connectivity index (χ0n) is 14.4. The number of amides is 1. The number of anilines is 1. The highest BCUT2D eigenvalue weighted by Crippen LogP contribution is 2.24. The molecule has 0 saturated carbocycles. The molecule has 0 heterocycles. The van der Waals surface area contributed by atoms with Crippen molar-refractivity contribution in [3.63, 3.8) is 0 Å². The van der Waals surface area contributed by atoms with Crippen molar-refractivity contribution in [2.24, 2.45) is 0 Å². The molecule has 0 saturated heterocycles. The molecule has 0 radical (unpaired) electrons. The van der Waals surface area contributed by atoms with Crippen LogP contribution in [0.25, 0.3) is 10.8 Å². The quantitative estimate of drug-likeness (QED) is 0.307. The molecule has 4 nitrogen and oxygen atoms in total. The Hall–Kier alpha value is -3.42. The second kappa shape index (κ2) is 7.67. The van der Waals surface area contributed by atoms with Gasteiger partial charge in [-0.25, -0.2) is 22.4 Å². The molecule has 0 aliphatic rings. The molecule has 0 aromatic heterocycles. The third-order valence-electron chi connectivity index (χ3n) is 4.02. The van der Waals surface area contributed by atoms with Crippen molar-refractivity contribution in [2.75, 3.05) is 5.32 Å². The van der Waals surface area contributed by atoms with Crippen LogP contribution in [0, 0.1) is 23.3 Å². The third kappa shape index (κ3) is 3.66. The number of ether oxygens (including phenoxy) is 1. The number of esters is 1. The molecule has 144 valence electrons. The Morgan fingerprint density at radius 2 is 1.61 bits per heavy atom. The summed E-state index contributed by atoms with van der Waals surface area (Å²) >= 11 is 0. The number of halogens is 4. The van der Waals surface area contributed by atoms with E-state index in [1.807, 2.05) is 18.2 Å². The fourth-order valence-corrected chi connectivity index (χ4v) is 2.57. The number of benzene rings is 3. The second-order valence-electron chi connectivity index (χ2n) is 5.91. The first kappa shape index (κ1) is 19.3. The van der Waals surface area contributed by atoms with Gasteiger partial charge < -0.3 is 10.1 Å². The van der Waals surface area contributed by atoms with Crippen molar-refractivity contribution in [2.45, 2.75) is 13.0 Å². The number of fused-ring (bicyclic) bond motifs is 1. The predicted octanol–water partition coefficient (Wildman–Crippen LogP) is 4.58. The average molecular weight is 391 g/mol. The van der Waals surface area contributed by atoms with Crippen LogP contribution in [0.2, 0.25) is 0 Å². The van der Waals surface area contributed by atoms with E-state index in [4.69, 9.17) is 4.74 Å². The number of carbonyl (C=O) groups excluding carboxylic acids is 2. The molecule has 3 rings (SSSR count). The van der Waals surface area contributed by atoms with Gasteiger partial charge in [-0.1, -0.05) is 36.4 Å². The Kier molecular flexibility index (Phi) is 5.30. The minimum Gasteiger partial charge on any atom is -0.449 e. The van der Waals surface area contributed by atoms with Crippen molar-refractivity contribution < 1.29 is 31.9 Å². The highest BCUT2D eigenvalue weighted by atomic mass is 19.2. The molecule has 3 aromatic carbocycles. The van der Waals surface area contributed by atoms with Crippen LogP contribution in [0.5, 0.6) is 0 Å². The number of hydrogen-bond acceptors (Lipinski definition) is 3. The lowest BCUT2D eigenvalue weighted by Gasteiger charge is -2.15. The van der Waals surface area contributed by atoms with Gasteiger partial charge in [0.15, 0.2) is 29.4 Å². The Labute approximate surface area is 156 Å². The minimum atomic E-state index is -2.14. The van der Waals surface area contributed by atoms with Crippen LogP contribution >= 0.6 is 0 Å². The molecule has 0 bridgehead atoms. The predicted molar refractivity (Wildman–Crippen MR) is 93.7 cm³/mol. The molecule has 3 aromatic rings. The summed E-state index contributed by atoms with van der Waals surface area (Å²) in [6, 6.07) is 12.6. The molecule has 0 fully saturated rings. The molecule has 1 atom stereocenters. The van der Waals surface area contributed by atoms with Crippen LogP contribution in [0.1, 0.15) is 17.3 Å². The van der Waals surface area contributed by atoms with E-state index in [9.17, 15) is 27.2 Å². The van der Waals surface area contributed by atoms with Crippen molar-refractivity contribution in [3.05, 3.63) is 77.4 Å². The van der Waals surface area contributed by atoms with Crippen molar-refractivity contribution >= 4 is 28.3 Å². The summed E-state index contributed by atoms with van der Waals surface area (Å²) in [7, 11) is 0. The van der Waals surface area contributed by atoms with Crippen molar-refractivity contribution in [1.29, 1.82) is 0 Å². The van der Waals surface area contributed by atoms with E-state index in [2.05, 4.69) is 5.32 Å². The first-order valence-electron chi connectivity index (χ1n) is 8.12. The fraction of sp³-hybridized carbons (Fsp3) is 0.100. The average Bonchev–Trinajstić information content (AvgIpc) is 2.69. The van der Waals surface area contributed by atoms with Gasteiger partial charge in [0.1, 0.15) is 5.56 Å². The van der Waals surface area contributed by atoms with Crippen LogP contribution in [-0.4, -0.2) is 18.0 Å². The summed E-state index contributed by atoms with van der Waals surface area (Å²) in [5.41, 5.74) is -0.697. The first-order chi connectivity index (χ1) is 13.3. The maximum atomic E-state index is 13.7. The van der Waals surface area contributed by atoms with Gasteiger partial charge in [0.2, 0.25) is 0 Å². The van der Waals surface area contributed by atoms with Gasteiger partial charge in [-0.2, -0.15) is 0 Å². The highest BCUT2D eigenvalue weighted by Gasteiger charge is 2.27. The van der Waals surface area contributed by atoms with E-state index in [0.717, 1.165) is 10.8 Å². The zero-order valence-corrected chi connectivity index (χ0v) is 14.4. The molecule has 28 heavy (non-hydrogen) atoms. The van der Waals surface area contributed by atoms with Gasteiger partial charge in [0.05, 0.1) is 0 Å². The molecule has 0 spiro atoms. The molecule has 0 aliphatic carbocycles. The van der Waals surface area contributed by atoms with Gasteiger partial charge in [-0.05, 0) is 24.4 Å². The van der Waals surface area contributed by atoms with E-state index < -0.39 is 46.8 Å². The third-order valence-corrected chi connectivity index (χ3v) is 4.02. The first-order valence-corrected chi connectivity index (χ1v) is 8.12. The summed E-state index contributed by atoms with van der Waals surface area (Å²) in [5.74, 6) is -10.1. The number of hydrogen-bond donors (Lipinski definition) is 1. The van der Waals surface area contributed by atoms with Crippen LogP contribution in [-0.2, 0) is 9.53 Å². The number of rotatable bonds is 4. The summed E-state index contributed by atoms with van der Waals surface area (Å²) in [6.07, 6.45) is -1.41. The molecule has 1 amide bonds. The van der Waals surface area contributed by atoms with Crippen molar-refractivity contribution in [1.82, 2.24) is 0 Å². The Balaban J connectivity index is 1.77. The zero-order chi connectivity index (χ0) is 20.4. The minimum absolute atomic E-state index is 0.172. The van der Waals surface area contributed by atoms with E-state index in [1.165, 1.54) is 6.92 Å². The lowest BCUT2D eigenvalue weighted by Crippen LogP contribution is -2.30. The van der Waals surface area contributed by atoms with Gasteiger partial charge in [0, 0.05) is 11.1 Å². The van der Waals surface area contributed by atoms with Gasteiger partial charge in [-0.3, -0.25) is 4.79 Å². The Bertz CT molecular complexity index is 1080. The van der Waals surface area contributed by atoms with Crippen LogP contribution in [0.15, 0.2) is 48.5 Å². The maximum absolute atomic E-state index is 13.7.